The molecule has 3 nitrogen and oxygen atoms in total. The highest BCUT2D eigenvalue weighted by Crippen LogP contribution is 2.36. The maximum Gasteiger partial charge on any atom is 0.326 e. The van der Waals surface area contributed by atoms with Crippen LogP contribution in [0.2, 0.25) is 0 Å². The SMILES string of the molecule is CCCCCSC1CCCC(NCCC)(C(=O)OCC)C1. The molecule has 2 atom stereocenters. The van der Waals surface area contributed by atoms with E-state index in [9.17, 15) is 4.79 Å². The first kappa shape index (κ1) is 18.8. The summed E-state index contributed by atoms with van der Waals surface area (Å²) in [5.41, 5.74) is -0.424. The summed E-state index contributed by atoms with van der Waals surface area (Å²) in [5.74, 6) is 1.20. The van der Waals surface area contributed by atoms with Crippen LogP contribution in [0.4, 0.5) is 0 Å². The lowest BCUT2D eigenvalue weighted by molar-refractivity contribution is -0.152. The summed E-state index contributed by atoms with van der Waals surface area (Å²) in [4.78, 5) is 12.5. The smallest absolute Gasteiger partial charge is 0.326 e. The second kappa shape index (κ2) is 10.5. The van der Waals surface area contributed by atoms with Gasteiger partial charge in [0, 0.05) is 5.25 Å². The summed E-state index contributed by atoms with van der Waals surface area (Å²) in [6.07, 6.45) is 9.17. The van der Waals surface area contributed by atoms with Crippen molar-refractivity contribution in [2.75, 3.05) is 18.9 Å². The minimum Gasteiger partial charge on any atom is -0.465 e. The monoisotopic (exact) mass is 315 g/mol. The Hall–Kier alpha value is -0.220. The van der Waals surface area contributed by atoms with Crippen LogP contribution < -0.4 is 5.32 Å². The van der Waals surface area contributed by atoms with Crippen molar-refractivity contribution in [3.63, 3.8) is 0 Å². The molecule has 0 bridgehead atoms. The topological polar surface area (TPSA) is 38.3 Å². The maximum atomic E-state index is 12.5. The third-order valence-electron chi connectivity index (χ3n) is 4.19. The maximum absolute atomic E-state index is 12.5. The van der Waals surface area contributed by atoms with Crippen LogP contribution in [0.25, 0.3) is 0 Å². The molecule has 0 spiro atoms. The lowest BCUT2D eigenvalue weighted by atomic mass is 9.81. The Labute approximate surface area is 135 Å². The molecule has 0 amide bonds. The molecule has 0 aromatic heterocycles. The van der Waals surface area contributed by atoms with Gasteiger partial charge in [-0.15, -0.1) is 0 Å². The molecule has 0 aliphatic heterocycles. The highest BCUT2D eigenvalue weighted by atomic mass is 32.2. The fourth-order valence-corrected chi connectivity index (χ4v) is 4.46. The number of thioether (sulfide) groups is 1. The lowest BCUT2D eigenvalue weighted by Crippen LogP contribution is -2.56. The van der Waals surface area contributed by atoms with E-state index < -0.39 is 5.54 Å². The van der Waals surface area contributed by atoms with E-state index in [1.54, 1.807) is 0 Å². The number of rotatable bonds is 10. The van der Waals surface area contributed by atoms with Crippen molar-refractivity contribution in [2.45, 2.75) is 82.9 Å². The van der Waals surface area contributed by atoms with Crippen molar-refractivity contribution in [1.82, 2.24) is 5.32 Å². The zero-order chi connectivity index (χ0) is 15.6. The van der Waals surface area contributed by atoms with Gasteiger partial charge in [0.1, 0.15) is 5.54 Å². The van der Waals surface area contributed by atoms with Gasteiger partial charge in [-0.1, -0.05) is 26.7 Å². The molecule has 1 rings (SSSR count). The number of carbonyl (C=O) groups excluding carboxylic acids is 1. The zero-order valence-electron chi connectivity index (χ0n) is 14.1. The molecule has 0 aromatic rings. The van der Waals surface area contributed by atoms with E-state index >= 15 is 0 Å². The molecule has 0 radical (unpaired) electrons. The molecule has 124 valence electrons. The normalized spacial score (nSPS) is 25.8. The van der Waals surface area contributed by atoms with Gasteiger partial charge in [-0.2, -0.15) is 11.8 Å². The van der Waals surface area contributed by atoms with Crippen LogP contribution >= 0.6 is 11.8 Å². The van der Waals surface area contributed by atoms with Crippen LogP contribution in [0.3, 0.4) is 0 Å². The summed E-state index contributed by atoms with van der Waals surface area (Å²) >= 11 is 2.06. The van der Waals surface area contributed by atoms with Gasteiger partial charge >= 0.3 is 5.97 Å². The number of nitrogens with one attached hydrogen (secondary N) is 1. The van der Waals surface area contributed by atoms with Crippen molar-refractivity contribution in [1.29, 1.82) is 0 Å². The first-order valence-corrected chi connectivity index (χ1v) is 9.77. The van der Waals surface area contributed by atoms with Gasteiger partial charge in [-0.25, -0.2) is 0 Å². The van der Waals surface area contributed by atoms with E-state index in [1.165, 1.54) is 31.4 Å². The summed E-state index contributed by atoms with van der Waals surface area (Å²) in [6, 6.07) is 0. The Balaban J connectivity index is 2.57. The van der Waals surface area contributed by atoms with E-state index in [0.717, 1.165) is 32.2 Å². The summed E-state index contributed by atoms with van der Waals surface area (Å²) in [5, 5.41) is 4.11. The molecule has 1 aliphatic rings. The predicted octanol–water partition coefficient (Wildman–Crippen LogP) is 4.15. The Morgan fingerprint density at radius 1 is 1.29 bits per heavy atom. The Kier molecular flexibility index (Phi) is 9.41. The lowest BCUT2D eigenvalue weighted by Gasteiger charge is -2.39. The van der Waals surface area contributed by atoms with Gasteiger partial charge < -0.3 is 10.1 Å². The van der Waals surface area contributed by atoms with Crippen molar-refractivity contribution in [3.8, 4) is 0 Å². The number of hydrogen-bond donors (Lipinski definition) is 1. The van der Waals surface area contributed by atoms with E-state index in [4.69, 9.17) is 4.74 Å². The Morgan fingerprint density at radius 3 is 2.76 bits per heavy atom. The van der Waals surface area contributed by atoms with Crippen LogP contribution in [-0.4, -0.2) is 35.7 Å². The van der Waals surface area contributed by atoms with E-state index in [-0.39, 0.29) is 5.97 Å². The molecule has 21 heavy (non-hydrogen) atoms. The quantitative estimate of drug-likeness (QED) is 0.485. The van der Waals surface area contributed by atoms with Crippen molar-refractivity contribution >= 4 is 17.7 Å². The van der Waals surface area contributed by atoms with Crippen molar-refractivity contribution in [2.24, 2.45) is 0 Å². The third kappa shape index (κ3) is 6.19. The second-order valence-corrected chi connectivity index (χ2v) is 7.43. The number of hydrogen-bond acceptors (Lipinski definition) is 4. The molecule has 0 saturated heterocycles. The fraction of sp³-hybridized carbons (Fsp3) is 0.941. The van der Waals surface area contributed by atoms with Crippen LogP contribution in [0.5, 0.6) is 0 Å². The second-order valence-electron chi connectivity index (χ2n) is 6.03. The molecule has 0 heterocycles. The number of unbranched alkanes of at least 4 members (excludes halogenated alkanes) is 2. The van der Waals surface area contributed by atoms with Crippen molar-refractivity contribution in [3.05, 3.63) is 0 Å². The van der Waals surface area contributed by atoms with Crippen LogP contribution in [0, 0.1) is 0 Å². The third-order valence-corrected chi connectivity index (χ3v) is 5.58. The molecule has 4 heteroatoms. The van der Waals surface area contributed by atoms with E-state index in [0.29, 0.717) is 11.9 Å². The van der Waals surface area contributed by atoms with Crippen LogP contribution in [-0.2, 0) is 9.53 Å². The predicted molar refractivity (Wildman–Crippen MR) is 91.9 cm³/mol. The molecule has 2 unspecified atom stereocenters. The van der Waals surface area contributed by atoms with Crippen LogP contribution in [0.15, 0.2) is 0 Å². The van der Waals surface area contributed by atoms with E-state index in [2.05, 4.69) is 30.9 Å². The van der Waals surface area contributed by atoms with Gasteiger partial charge in [0.15, 0.2) is 0 Å². The van der Waals surface area contributed by atoms with Gasteiger partial charge in [-0.05, 0) is 57.7 Å². The van der Waals surface area contributed by atoms with Crippen molar-refractivity contribution < 1.29 is 9.53 Å². The van der Waals surface area contributed by atoms with Gasteiger partial charge in [0.05, 0.1) is 6.61 Å². The minimum atomic E-state index is -0.424. The number of carbonyl (C=O) groups is 1. The average Bonchev–Trinajstić information content (AvgIpc) is 2.50. The summed E-state index contributed by atoms with van der Waals surface area (Å²) in [6.45, 7) is 7.65. The zero-order valence-corrected chi connectivity index (χ0v) is 14.9. The summed E-state index contributed by atoms with van der Waals surface area (Å²) in [7, 11) is 0. The largest absolute Gasteiger partial charge is 0.465 e. The highest BCUT2D eigenvalue weighted by Gasteiger charge is 2.43. The minimum absolute atomic E-state index is 0.0303. The molecule has 1 saturated carbocycles. The highest BCUT2D eigenvalue weighted by molar-refractivity contribution is 7.99. The standard InChI is InChI=1S/C17H33NO2S/c1-4-7-8-13-21-15-10-9-11-17(14-15,18-12-5-2)16(19)20-6-3/h15,18H,4-14H2,1-3H3. The first-order valence-electron chi connectivity index (χ1n) is 8.72. The molecular weight excluding hydrogens is 282 g/mol. The van der Waals surface area contributed by atoms with Gasteiger partial charge in [0.2, 0.25) is 0 Å². The first-order chi connectivity index (χ1) is 10.2. The molecule has 0 aromatic carbocycles. The average molecular weight is 316 g/mol. The Morgan fingerprint density at radius 2 is 2.10 bits per heavy atom. The fourth-order valence-electron chi connectivity index (χ4n) is 3.02. The number of esters is 1. The van der Waals surface area contributed by atoms with Gasteiger partial charge in [-0.3, -0.25) is 4.79 Å². The van der Waals surface area contributed by atoms with E-state index in [1.807, 2.05) is 6.92 Å². The van der Waals surface area contributed by atoms with Crippen LogP contribution in [0.1, 0.15) is 72.1 Å². The Bertz CT molecular complexity index is 299. The molecule has 1 aliphatic carbocycles. The molecule has 1 fully saturated rings. The molecular formula is C17H33NO2S. The number of ether oxygens (including phenoxy) is 1. The van der Waals surface area contributed by atoms with Gasteiger partial charge in [0.25, 0.3) is 0 Å². The molecule has 1 N–H and O–H groups in total. The summed E-state index contributed by atoms with van der Waals surface area (Å²) < 4.78 is 5.36.